The first kappa shape index (κ1) is 36.7. The van der Waals surface area contributed by atoms with Crippen LogP contribution in [-0.2, 0) is 27.4 Å². The van der Waals surface area contributed by atoms with Crippen LogP contribution in [0, 0.1) is 5.92 Å². The molecule has 2 fully saturated rings. The van der Waals surface area contributed by atoms with Crippen LogP contribution in [0.5, 0.6) is 0 Å². The van der Waals surface area contributed by atoms with Gasteiger partial charge in [0.05, 0.1) is 29.8 Å². The number of aromatic nitrogens is 2. The number of alkyl halides is 3. The molecule has 2 saturated heterocycles. The average Bonchev–Trinajstić information content (AvgIpc) is 3.50. The van der Waals surface area contributed by atoms with Crippen LogP contribution in [0.15, 0.2) is 102 Å². The lowest BCUT2D eigenvalue weighted by atomic mass is 9.89. The highest BCUT2D eigenvalue weighted by atomic mass is 35.6. The molecule has 0 aliphatic carbocycles. The smallest absolute Gasteiger partial charge is 0.326 e. The Morgan fingerprint density at radius 3 is 2.29 bits per heavy atom. The first-order valence-corrected chi connectivity index (χ1v) is 18.7. The second kappa shape index (κ2) is 15.7. The predicted octanol–water partition coefficient (Wildman–Crippen LogP) is 7.60. The van der Waals surface area contributed by atoms with E-state index in [1.807, 2.05) is 102 Å². The maximum atomic E-state index is 12.9. The van der Waals surface area contributed by atoms with Crippen LogP contribution in [0.2, 0.25) is 0 Å². The number of benzene rings is 4. The third kappa shape index (κ3) is 7.96. The molecule has 5 aromatic rings. The number of aliphatic hydroxyl groups excluding tert-OH is 1. The number of piperidine rings is 1. The highest BCUT2D eigenvalue weighted by Crippen LogP contribution is 2.42. The van der Waals surface area contributed by atoms with Crippen molar-refractivity contribution in [3.8, 4) is 11.1 Å². The number of para-hydroxylation sites is 2. The number of carbonyl (C=O) groups is 1. The molecular weight excluding hydrogens is 723 g/mol. The fourth-order valence-corrected chi connectivity index (χ4v) is 7.63. The molecule has 1 aromatic heterocycles. The highest BCUT2D eigenvalue weighted by Gasteiger charge is 2.40. The zero-order chi connectivity index (χ0) is 36.4. The van der Waals surface area contributed by atoms with Crippen LogP contribution in [0.25, 0.3) is 22.2 Å². The molecule has 4 atom stereocenters. The van der Waals surface area contributed by atoms with E-state index in [4.69, 9.17) is 44.3 Å². The number of aliphatic hydroxyl groups is 1. The van der Waals surface area contributed by atoms with E-state index in [2.05, 4.69) is 22.1 Å². The number of hydrogen-bond acceptors (Lipinski definition) is 6. The minimum absolute atomic E-state index is 0.0227. The highest BCUT2D eigenvalue weighted by molar-refractivity contribution is 6.76. The van der Waals surface area contributed by atoms with E-state index in [-0.39, 0.29) is 43.0 Å². The lowest BCUT2D eigenvalue weighted by Gasteiger charge is -2.44. The van der Waals surface area contributed by atoms with Gasteiger partial charge in [0, 0.05) is 43.7 Å². The standard InChI is InChI=1S/C40H41Cl3N4O5/c1-25-35(23-46-20-18-31(19-21-46)47-34-9-5-4-8-33(34)45-39(47)50)51-37(52-36(25)28-12-10-26(24-48)11-13-28)29-16-14-27(15-17-29)32-7-3-2-6-30(32)22-44-38(49)40(41,42)43/h2-17,25,31,35-37,48H,18-24H2,1H3,(H,44,49)(H,45,50). The number of imidazole rings is 1. The summed E-state index contributed by atoms with van der Waals surface area (Å²) in [5, 5.41) is 12.3. The van der Waals surface area contributed by atoms with Gasteiger partial charge in [0.15, 0.2) is 6.29 Å². The van der Waals surface area contributed by atoms with Gasteiger partial charge in [-0.2, -0.15) is 0 Å². The van der Waals surface area contributed by atoms with Crippen molar-refractivity contribution in [1.82, 2.24) is 19.8 Å². The number of rotatable bonds is 9. The van der Waals surface area contributed by atoms with E-state index in [9.17, 15) is 14.7 Å². The van der Waals surface area contributed by atoms with Gasteiger partial charge in [0.2, 0.25) is 0 Å². The average molecular weight is 764 g/mol. The number of hydrogen-bond donors (Lipinski definition) is 3. The van der Waals surface area contributed by atoms with Crippen molar-refractivity contribution < 1.29 is 19.4 Å². The number of ether oxygens (including phenoxy) is 2. The van der Waals surface area contributed by atoms with Crippen molar-refractivity contribution in [2.45, 2.75) is 61.2 Å². The number of amides is 1. The summed E-state index contributed by atoms with van der Waals surface area (Å²) in [5.41, 5.74) is 7.29. The van der Waals surface area contributed by atoms with Gasteiger partial charge in [0.25, 0.3) is 9.70 Å². The molecule has 52 heavy (non-hydrogen) atoms. The van der Waals surface area contributed by atoms with Gasteiger partial charge in [-0.3, -0.25) is 9.36 Å². The van der Waals surface area contributed by atoms with Crippen LogP contribution >= 0.6 is 34.8 Å². The van der Waals surface area contributed by atoms with Gasteiger partial charge in [-0.05, 0) is 52.8 Å². The molecule has 0 bridgehead atoms. The number of halogens is 3. The van der Waals surface area contributed by atoms with E-state index in [1.165, 1.54) is 0 Å². The molecule has 3 N–H and O–H groups in total. The van der Waals surface area contributed by atoms with Crippen molar-refractivity contribution in [3.05, 3.63) is 130 Å². The molecule has 0 spiro atoms. The maximum Gasteiger partial charge on any atom is 0.326 e. The van der Waals surface area contributed by atoms with Gasteiger partial charge < -0.3 is 29.8 Å². The van der Waals surface area contributed by atoms with Gasteiger partial charge in [-0.1, -0.05) is 127 Å². The number of nitrogens with zero attached hydrogens (tertiary/aromatic N) is 2. The Bertz CT molecular complexity index is 2050. The summed E-state index contributed by atoms with van der Waals surface area (Å²) in [6, 6.07) is 31.7. The monoisotopic (exact) mass is 762 g/mol. The van der Waals surface area contributed by atoms with Crippen LogP contribution in [0.1, 0.15) is 60.5 Å². The van der Waals surface area contributed by atoms with E-state index in [0.717, 1.165) is 76.9 Å². The van der Waals surface area contributed by atoms with Crippen LogP contribution < -0.4 is 11.0 Å². The number of aromatic amines is 1. The topological polar surface area (TPSA) is 109 Å². The summed E-state index contributed by atoms with van der Waals surface area (Å²) >= 11 is 17.3. The fraction of sp³-hybridized carbons (Fsp3) is 0.350. The molecule has 4 unspecified atom stereocenters. The lowest BCUT2D eigenvalue weighted by Crippen LogP contribution is -2.47. The van der Waals surface area contributed by atoms with Crippen LogP contribution in [0.3, 0.4) is 0 Å². The molecule has 1 amide bonds. The van der Waals surface area contributed by atoms with E-state index >= 15 is 0 Å². The van der Waals surface area contributed by atoms with Crippen molar-refractivity contribution in [1.29, 1.82) is 0 Å². The van der Waals surface area contributed by atoms with Gasteiger partial charge >= 0.3 is 5.69 Å². The van der Waals surface area contributed by atoms with Crippen molar-refractivity contribution in [2.75, 3.05) is 19.6 Å². The Labute approximate surface area is 317 Å². The Hall–Kier alpha value is -3.67. The van der Waals surface area contributed by atoms with Crippen molar-refractivity contribution >= 4 is 51.7 Å². The zero-order valence-electron chi connectivity index (χ0n) is 28.7. The van der Waals surface area contributed by atoms with Crippen LogP contribution in [0.4, 0.5) is 0 Å². The molecule has 3 heterocycles. The second-order valence-electron chi connectivity index (χ2n) is 13.6. The largest absolute Gasteiger partial charge is 0.392 e. The Morgan fingerprint density at radius 2 is 1.58 bits per heavy atom. The number of H-pyrrole nitrogens is 1. The number of carbonyl (C=O) groups excluding carboxylic acids is 1. The summed E-state index contributed by atoms with van der Waals surface area (Å²) in [7, 11) is 0. The van der Waals surface area contributed by atoms with E-state index in [1.54, 1.807) is 0 Å². The second-order valence-corrected chi connectivity index (χ2v) is 15.9. The lowest BCUT2D eigenvalue weighted by molar-refractivity contribution is -0.276. The molecule has 7 rings (SSSR count). The first-order chi connectivity index (χ1) is 25.1. The van der Waals surface area contributed by atoms with Crippen LogP contribution in [-0.4, -0.2) is 55.0 Å². The van der Waals surface area contributed by atoms with Gasteiger partial charge in [0.1, 0.15) is 0 Å². The molecule has 272 valence electrons. The zero-order valence-corrected chi connectivity index (χ0v) is 31.0. The third-order valence-electron chi connectivity index (χ3n) is 10.3. The quantitative estimate of drug-likeness (QED) is 0.134. The SMILES string of the molecule is CC1C(CN2CCC(n3c(=O)[nH]c4ccccc43)CC2)OC(c2ccc(-c3ccccc3CNC(=O)C(Cl)(Cl)Cl)cc2)OC1c1ccc(CO)cc1. The first-order valence-electron chi connectivity index (χ1n) is 17.5. The molecule has 0 radical (unpaired) electrons. The Balaban J connectivity index is 1.09. The minimum atomic E-state index is -2.04. The normalized spacial score (nSPS) is 21.7. The van der Waals surface area contributed by atoms with Gasteiger partial charge in [-0.15, -0.1) is 0 Å². The third-order valence-corrected chi connectivity index (χ3v) is 10.8. The summed E-state index contributed by atoms with van der Waals surface area (Å²) in [5.74, 6) is -0.646. The predicted molar refractivity (Wildman–Crippen MR) is 204 cm³/mol. The fourth-order valence-electron chi connectivity index (χ4n) is 7.43. The van der Waals surface area contributed by atoms with Crippen molar-refractivity contribution in [2.24, 2.45) is 5.92 Å². The number of nitrogens with one attached hydrogen (secondary N) is 2. The Morgan fingerprint density at radius 1 is 0.904 bits per heavy atom. The molecule has 0 saturated carbocycles. The molecule has 12 heteroatoms. The number of likely N-dealkylation sites (tertiary alicyclic amines) is 1. The minimum Gasteiger partial charge on any atom is -0.392 e. The molecular formula is C40H41Cl3N4O5. The molecule has 4 aromatic carbocycles. The molecule has 9 nitrogen and oxygen atoms in total. The Kier molecular flexibility index (Phi) is 11.1. The summed E-state index contributed by atoms with van der Waals surface area (Å²) in [6.07, 6.45) is 0.757. The van der Waals surface area contributed by atoms with E-state index in [0.29, 0.717) is 0 Å². The van der Waals surface area contributed by atoms with Gasteiger partial charge in [-0.25, -0.2) is 4.79 Å². The molecule has 2 aliphatic heterocycles. The summed E-state index contributed by atoms with van der Waals surface area (Å²) < 4.78 is 13.4. The molecule has 2 aliphatic rings. The van der Waals surface area contributed by atoms with E-state index < -0.39 is 16.0 Å². The maximum absolute atomic E-state index is 12.9. The van der Waals surface area contributed by atoms with Crippen molar-refractivity contribution in [3.63, 3.8) is 0 Å². The summed E-state index contributed by atoms with van der Waals surface area (Å²) in [6.45, 7) is 4.77. The summed E-state index contributed by atoms with van der Waals surface area (Å²) in [4.78, 5) is 30.5. The number of fused-ring (bicyclic) bond motifs is 1.